The highest BCUT2D eigenvalue weighted by molar-refractivity contribution is 6.00. The Morgan fingerprint density at radius 3 is 2.81 bits per heavy atom. The minimum absolute atomic E-state index is 0.000755. The van der Waals surface area contributed by atoms with Crippen LogP contribution in [0.2, 0.25) is 0 Å². The number of anilines is 1. The van der Waals surface area contributed by atoms with Gasteiger partial charge in [-0.3, -0.25) is 19.8 Å². The Balaban J connectivity index is 1.97. The molecule has 7 nitrogen and oxygen atoms in total. The second-order valence-electron chi connectivity index (χ2n) is 5.12. The fraction of sp³-hybridized carbons (Fsp3) is 0.500. The molecule has 2 rings (SSSR count). The molecule has 21 heavy (non-hydrogen) atoms. The lowest BCUT2D eigenvalue weighted by Gasteiger charge is -2.19. The highest BCUT2D eigenvalue weighted by Gasteiger charge is 2.27. The molecule has 1 fully saturated rings. The van der Waals surface area contributed by atoms with E-state index in [4.69, 9.17) is 5.73 Å². The minimum Gasteiger partial charge on any atom is -0.393 e. The average molecular weight is 292 g/mol. The lowest BCUT2D eigenvalue weighted by atomic mass is 10.1. The lowest BCUT2D eigenvalue weighted by Crippen LogP contribution is -2.36. The SMILES string of the molecule is CCN(CCNC(=O)c1cccc(N)c1[N+](=O)[O-])C1CC1. The summed E-state index contributed by atoms with van der Waals surface area (Å²) in [6.07, 6.45) is 2.42. The van der Waals surface area contributed by atoms with Crippen molar-refractivity contribution < 1.29 is 9.72 Å². The summed E-state index contributed by atoms with van der Waals surface area (Å²) < 4.78 is 0. The van der Waals surface area contributed by atoms with Crippen LogP contribution in [0.5, 0.6) is 0 Å². The summed E-state index contributed by atoms with van der Waals surface area (Å²) in [4.78, 5) is 24.8. The minimum atomic E-state index is -0.618. The third-order valence-electron chi connectivity index (χ3n) is 3.65. The van der Waals surface area contributed by atoms with Crippen molar-refractivity contribution in [1.82, 2.24) is 10.2 Å². The molecule has 0 heterocycles. The van der Waals surface area contributed by atoms with Gasteiger partial charge >= 0.3 is 5.69 Å². The predicted octanol–water partition coefficient (Wildman–Crippen LogP) is 1.39. The zero-order chi connectivity index (χ0) is 15.4. The van der Waals surface area contributed by atoms with E-state index in [1.54, 1.807) is 6.07 Å². The summed E-state index contributed by atoms with van der Waals surface area (Å²) in [6, 6.07) is 5.01. The van der Waals surface area contributed by atoms with Gasteiger partial charge in [0.25, 0.3) is 5.91 Å². The van der Waals surface area contributed by atoms with Gasteiger partial charge in [0.1, 0.15) is 11.3 Å². The van der Waals surface area contributed by atoms with Crippen molar-refractivity contribution in [2.24, 2.45) is 0 Å². The van der Waals surface area contributed by atoms with E-state index in [0.717, 1.165) is 13.1 Å². The van der Waals surface area contributed by atoms with Gasteiger partial charge in [-0.25, -0.2) is 0 Å². The number of nitro benzene ring substituents is 1. The van der Waals surface area contributed by atoms with Crippen LogP contribution in [0, 0.1) is 10.1 Å². The molecule has 1 aliphatic carbocycles. The molecule has 7 heteroatoms. The molecule has 0 aliphatic heterocycles. The van der Waals surface area contributed by atoms with Gasteiger partial charge in [-0.1, -0.05) is 13.0 Å². The fourth-order valence-corrected chi connectivity index (χ4v) is 2.40. The largest absolute Gasteiger partial charge is 0.393 e. The molecule has 1 saturated carbocycles. The first-order valence-corrected chi connectivity index (χ1v) is 7.09. The Morgan fingerprint density at radius 1 is 1.52 bits per heavy atom. The molecule has 3 N–H and O–H groups in total. The molecule has 114 valence electrons. The van der Waals surface area contributed by atoms with Gasteiger partial charge in [0, 0.05) is 19.1 Å². The second kappa shape index (κ2) is 6.53. The van der Waals surface area contributed by atoms with Crippen LogP contribution in [-0.4, -0.2) is 41.4 Å². The van der Waals surface area contributed by atoms with Crippen molar-refractivity contribution >= 4 is 17.3 Å². The molecule has 0 unspecified atom stereocenters. The van der Waals surface area contributed by atoms with Gasteiger partial charge in [-0.05, 0) is 31.5 Å². The van der Waals surface area contributed by atoms with Gasteiger partial charge in [0.2, 0.25) is 0 Å². The summed E-state index contributed by atoms with van der Waals surface area (Å²) in [5.41, 5.74) is 5.26. The van der Waals surface area contributed by atoms with E-state index >= 15 is 0 Å². The maximum absolute atomic E-state index is 12.1. The van der Waals surface area contributed by atoms with Crippen molar-refractivity contribution in [2.75, 3.05) is 25.4 Å². The molecule has 1 amide bonds. The number of nitrogens with zero attached hydrogens (tertiary/aromatic N) is 2. The lowest BCUT2D eigenvalue weighted by molar-refractivity contribution is -0.384. The van der Waals surface area contributed by atoms with Crippen LogP contribution in [0.3, 0.4) is 0 Å². The van der Waals surface area contributed by atoms with E-state index in [1.807, 2.05) is 0 Å². The number of nitro groups is 1. The molecule has 0 spiro atoms. The molecule has 1 aromatic rings. The number of nitrogen functional groups attached to an aromatic ring is 1. The Labute approximate surface area is 123 Å². The number of nitrogens with two attached hydrogens (primary N) is 1. The van der Waals surface area contributed by atoms with Gasteiger partial charge in [-0.15, -0.1) is 0 Å². The van der Waals surface area contributed by atoms with Crippen LogP contribution in [0.25, 0.3) is 0 Å². The highest BCUT2D eigenvalue weighted by atomic mass is 16.6. The molecule has 0 aromatic heterocycles. The number of nitrogens with one attached hydrogen (secondary N) is 1. The van der Waals surface area contributed by atoms with Gasteiger partial charge < -0.3 is 11.1 Å². The maximum Gasteiger partial charge on any atom is 0.304 e. The van der Waals surface area contributed by atoms with E-state index in [-0.39, 0.29) is 16.9 Å². The standard InChI is InChI=1S/C14H20N4O3/c1-2-17(10-6-7-10)9-8-16-14(19)11-4-3-5-12(15)13(11)18(20)21/h3-5,10H,2,6-9,15H2,1H3,(H,16,19). The molecule has 1 aliphatic rings. The summed E-state index contributed by atoms with van der Waals surface area (Å²) in [6.45, 7) is 4.25. The second-order valence-corrected chi connectivity index (χ2v) is 5.12. The third kappa shape index (κ3) is 3.69. The zero-order valence-corrected chi connectivity index (χ0v) is 12.0. The molecule has 0 saturated heterocycles. The smallest absolute Gasteiger partial charge is 0.304 e. The summed E-state index contributed by atoms with van der Waals surface area (Å²) in [5.74, 6) is -0.458. The zero-order valence-electron chi connectivity index (χ0n) is 12.0. The van der Waals surface area contributed by atoms with Crippen molar-refractivity contribution in [3.05, 3.63) is 33.9 Å². The number of benzene rings is 1. The predicted molar refractivity (Wildman–Crippen MR) is 80.1 cm³/mol. The van der Waals surface area contributed by atoms with Crippen molar-refractivity contribution in [1.29, 1.82) is 0 Å². The van der Waals surface area contributed by atoms with E-state index < -0.39 is 10.8 Å². The van der Waals surface area contributed by atoms with Gasteiger partial charge in [0.05, 0.1) is 4.92 Å². The van der Waals surface area contributed by atoms with Crippen LogP contribution in [-0.2, 0) is 0 Å². The van der Waals surface area contributed by atoms with Crippen LogP contribution in [0.15, 0.2) is 18.2 Å². The number of carbonyl (C=O) groups excluding carboxylic acids is 1. The van der Waals surface area contributed by atoms with Crippen molar-refractivity contribution in [3.63, 3.8) is 0 Å². The average Bonchev–Trinajstić information content (AvgIpc) is 3.27. The fourth-order valence-electron chi connectivity index (χ4n) is 2.40. The molecular formula is C14H20N4O3. The van der Waals surface area contributed by atoms with Crippen LogP contribution >= 0.6 is 0 Å². The number of likely N-dealkylation sites (N-methyl/N-ethyl adjacent to an activating group) is 1. The molecule has 0 bridgehead atoms. The maximum atomic E-state index is 12.1. The number of hydrogen-bond acceptors (Lipinski definition) is 5. The number of para-hydroxylation sites is 1. The van der Waals surface area contributed by atoms with E-state index in [9.17, 15) is 14.9 Å². The van der Waals surface area contributed by atoms with Crippen molar-refractivity contribution in [3.8, 4) is 0 Å². The number of hydrogen-bond donors (Lipinski definition) is 2. The van der Waals surface area contributed by atoms with Crippen LogP contribution in [0.4, 0.5) is 11.4 Å². The first-order valence-electron chi connectivity index (χ1n) is 7.09. The highest BCUT2D eigenvalue weighted by Crippen LogP contribution is 2.26. The van der Waals surface area contributed by atoms with Crippen LogP contribution in [0.1, 0.15) is 30.1 Å². The number of amides is 1. The molecule has 0 radical (unpaired) electrons. The topological polar surface area (TPSA) is 102 Å². The van der Waals surface area contributed by atoms with E-state index in [0.29, 0.717) is 12.6 Å². The summed E-state index contributed by atoms with van der Waals surface area (Å²) in [5, 5.41) is 13.7. The molecular weight excluding hydrogens is 272 g/mol. The molecule has 1 aromatic carbocycles. The van der Waals surface area contributed by atoms with E-state index in [1.165, 1.54) is 25.0 Å². The van der Waals surface area contributed by atoms with Crippen molar-refractivity contribution in [2.45, 2.75) is 25.8 Å². The Bertz CT molecular complexity index is 543. The first kappa shape index (κ1) is 15.2. The number of carbonyl (C=O) groups is 1. The monoisotopic (exact) mass is 292 g/mol. The van der Waals surface area contributed by atoms with Crippen LogP contribution < -0.4 is 11.1 Å². The quantitative estimate of drug-likeness (QED) is 0.449. The van der Waals surface area contributed by atoms with Gasteiger partial charge in [0.15, 0.2) is 0 Å². The summed E-state index contributed by atoms with van der Waals surface area (Å²) in [7, 11) is 0. The Hall–Kier alpha value is -2.15. The Kier molecular flexibility index (Phi) is 4.74. The summed E-state index contributed by atoms with van der Waals surface area (Å²) >= 11 is 0. The van der Waals surface area contributed by atoms with Gasteiger partial charge in [-0.2, -0.15) is 0 Å². The Morgan fingerprint density at radius 2 is 2.24 bits per heavy atom. The molecule has 0 atom stereocenters. The van der Waals surface area contributed by atoms with E-state index in [2.05, 4.69) is 17.1 Å². The third-order valence-corrected chi connectivity index (χ3v) is 3.65. The number of rotatable bonds is 7. The first-order chi connectivity index (χ1) is 10.0. The normalized spacial score (nSPS) is 14.2.